The van der Waals surface area contributed by atoms with Crippen LogP contribution in [-0.4, -0.2) is 44.5 Å². The molecule has 0 bridgehead atoms. The van der Waals surface area contributed by atoms with Gasteiger partial charge >= 0.3 is 5.97 Å². The summed E-state index contributed by atoms with van der Waals surface area (Å²) in [6.07, 6.45) is 9.91. The second kappa shape index (κ2) is 8.29. The number of aliphatic carboxylic acids is 1. The lowest BCUT2D eigenvalue weighted by molar-refractivity contribution is -0.134. The highest BCUT2D eigenvalue weighted by molar-refractivity contribution is 8.00. The number of carboxylic acid groups (broad SMARTS) is 1. The number of thioether (sulfide) groups is 1. The molecule has 1 amide bonds. The van der Waals surface area contributed by atoms with Crippen LogP contribution in [-0.2, 0) is 22.6 Å². The van der Waals surface area contributed by atoms with Crippen LogP contribution in [0.4, 0.5) is 0 Å². The monoisotopic (exact) mass is 426 g/mol. The van der Waals surface area contributed by atoms with Crippen molar-refractivity contribution in [2.24, 2.45) is 0 Å². The zero-order chi connectivity index (χ0) is 20.7. The fourth-order valence-electron chi connectivity index (χ4n) is 5.92. The second-order valence-corrected chi connectivity index (χ2v) is 9.99. The predicted molar refractivity (Wildman–Crippen MR) is 120 cm³/mol. The zero-order valence-electron chi connectivity index (χ0n) is 17.4. The van der Waals surface area contributed by atoms with E-state index in [1.165, 1.54) is 71.6 Å². The molecule has 160 valence electrons. The molecule has 1 aliphatic heterocycles. The van der Waals surface area contributed by atoms with Crippen molar-refractivity contribution in [2.45, 2.75) is 69.9 Å². The minimum Gasteiger partial charge on any atom is -0.481 e. The van der Waals surface area contributed by atoms with E-state index in [1.807, 2.05) is 4.90 Å². The van der Waals surface area contributed by atoms with Crippen LogP contribution in [0.5, 0.6) is 0 Å². The number of benzene rings is 1. The predicted octanol–water partition coefficient (Wildman–Crippen LogP) is 4.73. The lowest BCUT2D eigenvalue weighted by Gasteiger charge is -2.40. The van der Waals surface area contributed by atoms with Crippen molar-refractivity contribution in [1.29, 1.82) is 0 Å². The van der Waals surface area contributed by atoms with Crippen LogP contribution in [0, 0.1) is 0 Å². The first-order chi connectivity index (χ1) is 14.6. The highest BCUT2D eigenvalue weighted by Gasteiger charge is 2.37. The van der Waals surface area contributed by atoms with Crippen molar-refractivity contribution in [2.75, 3.05) is 18.1 Å². The largest absolute Gasteiger partial charge is 0.481 e. The summed E-state index contributed by atoms with van der Waals surface area (Å²) in [4.78, 5) is 25.7. The molecule has 5 rings (SSSR count). The van der Waals surface area contributed by atoms with Gasteiger partial charge < -0.3 is 14.6 Å². The van der Waals surface area contributed by atoms with Gasteiger partial charge in [-0.2, -0.15) is 0 Å². The van der Waals surface area contributed by atoms with E-state index in [0.29, 0.717) is 5.92 Å². The summed E-state index contributed by atoms with van der Waals surface area (Å²) in [7, 11) is 0. The van der Waals surface area contributed by atoms with Crippen LogP contribution in [0.15, 0.2) is 18.2 Å². The van der Waals surface area contributed by atoms with E-state index in [-0.39, 0.29) is 23.5 Å². The third-order valence-electron chi connectivity index (χ3n) is 7.25. The number of aryl methyl sites for hydroxylation is 1. The molecule has 5 nitrogen and oxygen atoms in total. The first-order valence-electron chi connectivity index (χ1n) is 11.4. The Morgan fingerprint density at radius 1 is 1.03 bits per heavy atom. The van der Waals surface area contributed by atoms with Gasteiger partial charge in [0, 0.05) is 29.7 Å². The van der Waals surface area contributed by atoms with Crippen molar-refractivity contribution in [1.82, 2.24) is 9.47 Å². The molecule has 1 atom stereocenters. The number of aromatic nitrogens is 1. The Morgan fingerprint density at radius 2 is 1.87 bits per heavy atom. The normalized spacial score (nSPS) is 21.6. The van der Waals surface area contributed by atoms with Crippen LogP contribution in [0.25, 0.3) is 10.9 Å². The third-order valence-corrected chi connectivity index (χ3v) is 8.15. The van der Waals surface area contributed by atoms with Crippen molar-refractivity contribution >= 4 is 34.5 Å². The van der Waals surface area contributed by atoms with E-state index in [0.717, 1.165) is 32.4 Å². The van der Waals surface area contributed by atoms with Crippen LogP contribution < -0.4 is 0 Å². The van der Waals surface area contributed by atoms with Crippen molar-refractivity contribution in [3.63, 3.8) is 0 Å². The highest BCUT2D eigenvalue weighted by Crippen LogP contribution is 2.44. The fraction of sp³-hybridized carbons (Fsp3) is 0.583. The smallest absolute Gasteiger partial charge is 0.313 e. The van der Waals surface area contributed by atoms with Crippen LogP contribution in [0.2, 0.25) is 0 Å². The van der Waals surface area contributed by atoms with Gasteiger partial charge in [0.2, 0.25) is 5.91 Å². The molecule has 2 aliphatic carbocycles. The molecule has 0 radical (unpaired) electrons. The summed E-state index contributed by atoms with van der Waals surface area (Å²) in [6.45, 7) is 1.55. The van der Waals surface area contributed by atoms with Gasteiger partial charge in [-0.25, -0.2) is 0 Å². The Labute approximate surface area is 181 Å². The zero-order valence-corrected chi connectivity index (χ0v) is 18.3. The number of carbonyl (C=O) groups excluding carboxylic acids is 1. The van der Waals surface area contributed by atoms with Crippen molar-refractivity contribution in [3.05, 3.63) is 35.0 Å². The molecule has 1 aromatic carbocycles. The van der Waals surface area contributed by atoms with Crippen molar-refractivity contribution < 1.29 is 14.7 Å². The lowest BCUT2D eigenvalue weighted by atomic mass is 9.83. The average molecular weight is 427 g/mol. The van der Waals surface area contributed by atoms with Gasteiger partial charge in [0.1, 0.15) is 0 Å². The maximum Gasteiger partial charge on any atom is 0.313 e. The minimum atomic E-state index is -0.861. The Bertz CT molecular complexity index is 976. The number of rotatable bonds is 5. The molecule has 6 heteroatoms. The van der Waals surface area contributed by atoms with Crippen LogP contribution in [0.1, 0.15) is 73.7 Å². The number of hydrogen-bond donors (Lipinski definition) is 1. The number of amides is 1. The van der Waals surface area contributed by atoms with E-state index in [2.05, 4.69) is 22.8 Å². The van der Waals surface area contributed by atoms with E-state index in [9.17, 15) is 9.59 Å². The summed E-state index contributed by atoms with van der Waals surface area (Å²) >= 11 is 1.20. The third kappa shape index (κ3) is 3.53. The maximum atomic E-state index is 12.9. The van der Waals surface area contributed by atoms with Crippen LogP contribution in [0.3, 0.4) is 0 Å². The molecular weight excluding hydrogens is 396 g/mol. The van der Waals surface area contributed by atoms with E-state index in [1.54, 1.807) is 0 Å². The van der Waals surface area contributed by atoms with Crippen LogP contribution >= 0.6 is 11.8 Å². The molecule has 0 unspecified atom stereocenters. The summed E-state index contributed by atoms with van der Waals surface area (Å²) in [5, 5.41) is 10.3. The topological polar surface area (TPSA) is 62.5 Å². The number of carboxylic acids is 1. The summed E-state index contributed by atoms with van der Waals surface area (Å²) < 4.78 is 2.47. The number of nitrogens with zero attached hydrogens (tertiary/aromatic N) is 2. The molecule has 30 heavy (non-hydrogen) atoms. The van der Waals surface area contributed by atoms with Gasteiger partial charge in [0.25, 0.3) is 0 Å². The molecule has 3 aliphatic rings. The van der Waals surface area contributed by atoms with Gasteiger partial charge in [0.05, 0.1) is 17.5 Å². The standard InChI is InChI=1S/C24H30N2O3S/c27-22(14-30-15-23(28)29)25-11-12-26-20-10-9-17(16-5-2-1-3-6-16)13-19(20)18-7-4-8-21(25)24(18)26/h9-10,13,16,21H,1-8,11-12,14-15H2,(H,28,29)/t21-/m1/s1. The molecule has 2 aromatic rings. The SMILES string of the molecule is O=C(O)CSCC(=O)N1CCn2c3c(c4cc(C5CCCCC5)ccc42)CCC[C@H]31. The van der Waals surface area contributed by atoms with E-state index < -0.39 is 5.97 Å². The van der Waals surface area contributed by atoms with Gasteiger partial charge in [-0.3, -0.25) is 9.59 Å². The molecule has 2 heterocycles. The molecule has 1 aromatic heterocycles. The van der Waals surface area contributed by atoms with Gasteiger partial charge in [-0.05, 0) is 61.3 Å². The van der Waals surface area contributed by atoms with Gasteiger partial charge in [-0.15, -0.1) is 11.8 Å². The average Bonchev–Trinajstić information content (AvgIpc) is 3.09. The quantitative estimate of drug-likeness (QED) is 0.751. The Balaban J connectivity index is 1.46. The first-order valence-corrected chi connectivity index (χ1v) is 12.5. The first kappa shape index (κ1) is 20.0. The maximum absolute atomic E-state index is 12.9. The molecule has 1 N–H and O–H groups in total. The Kier molecular flexibility index (Phi) is 5.52. The minimum absolute atomic E-state index is 0.0142. The highest BCUT2D eigenvalue weighted by atomic mass is 32.2. The molecule has 1 fully saturated rings. The van der Waals surface area contributed by atoms with E-state index in [4.69, 9.17) is 5.11 Å². The van der Waals surface area contributed by atoms with Crippen molar-refractivity contribution in [3.8, 4) is 0 Å². The van der Waals surface area contributed by atoms with Gasteiger partial charge in [0.15, 0.2) is 0 Å². The molecule has 0 saturated heterocycles. The molecule has 1 saturated carbocycles. The molecule has 0 spiro atoms. The number of carbonyl (C=O) groups is 2. The Morgan fingerprint density at radius 3 is 2.67 bits per heavy atom. The second-order valence-electron chi connectivity index (χ2n) is 9.01. The Hall–Kier alpha value is -1.95. The molecular formula is C24H30N2O3S. The summed E-state index contributed by atoms with van der Waals surface area (Å²) in [6, 6.07) is 7.28. The number of hydrogen-bond acceptors (Lipinski definition) is 3. The summed E-state index contributed by atoms with van der Waals surface area (Å²) in [5.74, 6) is 0.166. The summed E-state index contributed by atoms with van der Waals surface area (Å²) in [5.41, 5.74) is 5.63. The lowest BCUT2D eigenvalue weighted by Crippen LogP contribution is -2.44. The fourth-order valence-corrected chi connectivity index (χ4v) is 6.54. The number of fused-ring (bicyclic) bond motifs is 3. The van der Waals surface area contributed by atoms with E-state index >= 15 is 0 Å². The van der Waals surface area contributed by atoms with Gasteiger partial charge in [-0.1, -0.05) is 25.3 Å².